The molecule has 0 heterocycles. The zero-order valence-corrected chi connectivity index (χ0v) is 21.0. The first-order chi connectivity index (χ1) is 16.6. The first-order valence-corrected chi connectivity index (χ1v) is 13.3. The lowest BCUT2D eigenvalue weighted by molar-refractivity contribution is 0.286. The summed E-state index contributed by atoms with van der Waals surface area (Å²) >= 11 is 0. The van der Waals surface area contributed by atoms with E-state index in [0.29, 0.717) is 12.5 Å². The Morgan fingerprint density at radius 1 is 0.765 bits per heavy atom. The summed E-state index contributed by atoms with van der Waals surface area (Å²) in [7, 11) is 0. The SMILES string of the molecule is CCCCCC[C@H]1CC[C@H](c2ccc(C#Cc3ccc(OCCCCC)c(F)c3F)cc2)CC1. The predicted octanol–water partition coefficient (Wildman–Crippen LogP) is 9.18. The predicted molar refractivity (Wildman–Crippen MR) is 137 cm³/mol. The van der Waals surface area contributed by atoms with Crippen LogP contribution in [0.15, 0.2) is 36.4 Å². The Labute approximate surface area is 205 Å². The van der Waals surface area contributed by atoms with Crippen molar-refractivity contribution in [3.63, 3.8) is 0 Å². The summed E-state index contributed by atoms with van der Waals surface area (Å²) < 4.78 is 34.1. The van der Waals surface area contributed by atoms with Crippen molar-refractivity contribution in [3.8, 4) is 17.6 Å². The number of unbranched alkanes of at least 4 members (excludes halogenated alkanes) is 5. The Hall–Kier alpha value is -2.34. The van der Waals surface area contributed by atoms with E-state index in [2.05, 4.69) is 37.8 Å². The second-order valence-electron chi connectivity index (χ2n) is 9.73. The molecule has 0 amide bonds. The van der Waals surface area contributed by atoms with Crippen LogP contribution in [0.25, 0.3) is 0 Å². The summed E-state index contributed by atoms with van der Waals surface area (Å²) in [6.45, 7) is 4.74. The van der Waals surface area contributed by atoms with E-state index in [-0.39, 0.29) is 11.3 Å². The van der Waals surface area contributed by atoms with Gasteiger partial charge in [0.1, 0.15) is 0 Å². The van der Waals surface area contributed by atoms with Crippen molar-refractivity contribution < 1.29 is 13.5 Å². The number of hydrogen-bond donors (Lipinski definition) is 0. The Morgan fingerprint density at radius 2 is 1.47 bits per heavy atom. The molecule has 0 spiro atoms. The normalized spacial score (nSPS) is 17.8. The van der Waals surface area contributed by atoms with E-state index in [0.717, 1.165) is 30.7 Å². The van der Waals surface area contributed by atoms with Crippen molar-refractivity contribution in [2.24, 2.45) is 5.92 Å². The van der Waals surface area contributed by atoms with Crippen LogP contribution in [0.3, 0.4) is 0 Å². The molecule has 3 rings (SSSR count). The summed E-state index contributed by atoms with van der Waals surface area (Å²) in [6, 6.07) is 11.3. The molecule has 2 aromatic rings. The fourth-order valence-electron chi connectivity index (χ4n) is 4.90. The largest absolute Gasteiger partial charge is 0.490 e. The molecule has 0 unspecified atom stereocenters. The van der Waals surface area contributed by atoms with Gasteiger partial charge in [-0.05, 0) is 73.8 Å². The Morgan fingerprint density at radius 3 is 2.18 bits per heavy atom. The van der Waals surface area contributed by atoms with Crippen LogP contribution >= 0.6 is 0 Å². The van der Waals surface area contributed by atoms with Gasteiger partial charge in [0.15, 0.2) is 11.6 Å². The molecule has 3 heteroatoms. The van der Waals surface area contributed by atoms with E-state index >= 15 is 0 Å². The molecular weight excluding hydrogens is 426 g/mol. The third-order valence-corrected chi connectivity index (χ3v) is 7.09. The van der Waals surface area contributed by atoms with E-state index in [4.69, 9.17) is 4.74 Å². The van der Waals surface area contributed by atoms with Gasteiger partial charge in [-0.2, -0.15) is 4.39 Å². The van der Waals surface area contributed by atoms with Crippen molar-refractivity contribution in [2.75, 3.05) is 6.61 Å². The molecule has 2 aromatic carbocycles. The van der Waals surface area contributed by atoms with E-state index in [1.165, 1.54) is 75.5 Å². The molecule has 0 aromatic heterocycles. The molecule has 0 aliphatic heterocycles. The number of halogens is 2. The third-order valence-electron chi connectivity index (χ3n) is 7.09. The lowest BCUT2D eigenvalue weighted by Gasteiger charge is -2.29. The van der Waals surface area contributed by atoms with Crippen molar-refractivity contribution in [1.29, 1.82) is 0 Å². The van der Waals surface area contributed by atoms with Crippen LogP contribution in [0.1, 0.15) is 114 Å². The van der Waals surface area contributed by atoms with Gasteiger partial charge in [0, 0.05) is 5.56 Å². The second-order valence-corrected chi connectivity index (χ2v) is 9.73. The molecule has 1 nitrogen and oxygen atoms in total. The van der Waals surface area contributed by atoms with Crippen LogP contribution in [-0.4, -0.2) is 6.61 Å². The molecule has 1 fully saturated rings. The molecular formula is C31H40F2O. The maximum Gasteiger partial charge on any atom is 0.201 e. The Bertz CT molecular complexity index is 930. The van der Waals surface area contributed by atoms with E-state index < -0.39 is 11.6 Å². The molecule has 1 aliphatic rings. The van der Waals surface area contributed by atoms with Crippen LogP contribution < -0.4 is 4.74 Å². The van der Waals surface area contributed by atoms with Crippen molar-refractivity contribution in [2.45, 2.75) is 96.8 Å². The summed E-state index contributed by atoms with van der Waals surface area (Å²) in [5.74, 6) is 5.36. The van der Waals surface area contributed by atoms with Crippen LogP contribution in [0.4, 0.5) is 8.78 Å². The highest BCUT2D eigenvalue weighted by Crippen LogP contribution is 2.37. The average Bonchev–Trinajstić information content (AvgIpc) is 2.87. The zero-order valence-electron chi connectivity index (χ0n) is 21.0. The molecule has 0 bridgehead atoms. The fraction of sp³-hybridized carbons (Fsp3) is 0.548. The number of hydrogen-bond acceptors (Lipinski definition) is 1. The number of rotatable bonds is 11. The van der Waals surface area contributed by atoms with Gasteiger partial charge in [-0.25, -0.2) is 4.39 Å². The maximum absolute atomic E-state index is 14.4. The zero-order chi connectivity index (χ0) is 24.2. The highest BCUT2D eigenvalue weighted by molar-refractivity contribution is 5.46. The first-order valence-electron chi connectivity index (χ1n) is 13.3. The fourth-order valence-corrected chi connectivity index (χ4v) is 4.90. The highest BCUT2D eigenvalue weighted by Gasteiger charge is 2.22. The van der Waals surface area contributed by atoms with Crippen molar-refractivity contribution >= 4 is 0 Å². The van der Waals surface area contributed by atoms with Crippen LogP contribution in [0, 0.1) is 29.4 Å². The third kappa shape index (κ3) is 7.86. The molecule has 0 atom stereocenters. The number of benzene rings is 2. The van der Waals surface area contributed by atoms with Gasteiger partial charge < -0.3 is 4.74 Å². The Balaban J connectivity index is 1.53. The van der Waals surface area contributed by atoms with Crippen molar-refractivity contribution in [1.82, 2.24) is 0 Å². The van der Waals surface area contributed by atoms with Gasteiger partial charge in [-0.15, -0.1) is 0 Å². The smallest absolute Gasteiger partial charge is 0.201 e. The lowest BCUT2D eigenvalue weighted by atomic mass is 9.77. The lowest BCUT2D eigenvalue weighted by Crippen LogP contribution is -2.13. The van der Waals surface area contributed by atoms with Gasteiger partial charge in [-0.1, -0.05) is 82.8 Å². The van der Waals surface area contributed by atoms with Gasteiger partial charge >= 0.3 is 0 Å². The summed E-state index contributed by atoms with van der Waals surface area (Å²) in [5, 5.41) is 0. The second kappa shape index (κ2) is 14.1. The summed E-state index contributed by atoms with van der Waals surface area (Å²) in [5.41, 5.74) is 2.24. The summed E-state index contributed by atoms with van der Waals surface area (Å²) in [6.07, 6.45) is 14.9. The molecule has 0 saturated heterocycles. The minimum Gasteiger partial charge on any atom is -0.490 e. The van der Waals surface area contributed by atoms with E-state index in [1.807, 2.05) is 12.1 Å². The quantitative estimate of drug-likeness (QED) is 0.237. The van der Waals surface area contributed by atoms with Crippen LogP contribution in [0.5, 0.6) is 5.75 Å². The maximum atomic E-state index is 14.4. The molecule has 1 saturated carbocycles. The van der Waals surface area contributed by atoms with Gasteiger partial charge in [0.25, 0.3) is 0 Å². The molecule has 0 N–H and O–H groups in total. The highest BCUT2D eigenvalue weighted by atomic mass is 19.2. The van der Waals surface area contributed by atoms with E-state index in [1.54, 1.807) is 0 Å². The topological polar surface area (TPSA) is 9.23 Å². The van der Waals surface area contributed by atoms with Crippen LogP contribution in [-0.2, 0) is 0 Å². The standard InChI is InChI=1S/C31H40F2O/c1-3-5-7-8-10-24-11-16-26(17-12-24)27-18-13-25(14-19-27)15-20-28-21-22-29(31(33)30(28)32)34-23-9-6-4-2/h13-14,18-19,21-22,24,26H,3-12,16-17,23H2,1-2H3/t24-,26-. The van der Waals surface area contributed by atoms with Gasteiger partial charge in [0.05, 0.1) is 12.2 Å². The minimum atomic E-state index is -0.959. The molecule has 34 heavy (non-hydrogen) atoms. The van der Waals surface area contributed by atoms with E-state index in [9.17, 15) is 8.78 Å². The minimum absolute atomic E-state index is 0.0424. The summed E-state index contributed by atoms with van der Waals surface area (Å²) in [4.78, 5) is 0. The van der Waals surface area contributed by atoms with Crippen molar-refractivity contribution in [3.05, 3.63) is 64.7 Å². The molecule has 0 radical (unpaired) electrons. The van der Waals surface area contributed by atoms with Crippen LogP contribution in [0.2, 0.25) is 0 Å². The van der Waals surface area contributed by atoms with Gasteiger partial charge in [0.2, 0.25) is 5.82 Å². The number of ether oxygens (including phenoxy) is 1. The first kappa shape index (κ1) is 26.3. The average molecular weight is 467 g/mol. The molecule has 184 valence electrons. The monoisotopic (exact) mass is 466 g/mol. The van der Waals surface area contributed by atoms with Gasteiger partial charge in [-0.3, -0.25) is 0 Å². The Kier molecular flexibility index (Phi) is 10.9. The molecule has 1 aliphatic carbocycles.